The molecule has 0 fully saturated rings. The fourth-order valence-corrected chi connectivity index (χ4v) is 3.37. The number of esters is 1. The summed E-state index contributed by atoms with van der Waals surface area (Å²) in [5.74, 6) is 0.344. The van der Waals surface area contributed by atoms with Gasteiger partial charge >= 0.3 is 5.97 Å². The third-order valence-corrected chi connectivity index (χ3v) is 4.78. The second-order valence-corrected chi connectivity index (χ2v) is 7.94. The summed E-state index contributed by atoms with van der Waals surface area (Å²) in [6.45, 7) is 11.5. The molecular formula is C22H45NO3. The van der Waals surface area contributed by atoms with Crippen molar-refractivity contribution in [2.24, 2.45) is 5.92 Å². The first-order chi connectivity index (χ1) is 12.5. The molecule has 0 rings (SSSR count). The number of unbranched alkanes of at least 4 members (excludes halogenated alkanes) is 6. The number of carbonyl (C=O) groups excluding carboxylic acids is 1. The molecule has 0 aromatic heterocycles. The lowest BCUT2D eigenvalue weighted by Gasteiger charge is -2.23. The van der Waals surface area contributed by atoms with Crippen molar-refractivity contribution in [2.75, 3.05) is 26.2 Å². The van der Waals surface area contributed by atoms with Crippen LogP contribution >= 0.6 is 0 Å². The fourth-order valence-electron chi connectivity index (χ4n) is 3.37. The monoisotopic (exact) mass is 371 g/mol. The lowest BCUT2D eigenvalue weighted by atomic mass is 10.0. The molecule has 1 N–H and O–H groups in total. The topological polar surface area (TPSA) is 49.8 Å². The minimum atomic E-state index is -0.308. The average molecular weight is 372 g/mol. The van der Waals surface area contributed by atoms with Crippen molar-refractivity contribution in [3.05, 3.63) is 0 Å². The largest absolute Gasteiger partial charge is 0.466 e. The minimum Gasteiger partial charge on any atom is -0.466 e. The van der Waals surface area contributed by atoms with Crippen molar-refractivity contribution in [3.63, 3.8) is 0 Å². The van der Waals surface area contributed by atoms with E-state index in [9.17, 15) is 9.90 Å². The molecule has 0 aromatic carbocycles. The van der Waals surface area contributed by atoms with E-state index < -0.39 is 0 Å². The van der Waals surface area contributed by atoms with Gasteiger partial charge in [-0.2, -0.15) is 0 Å². The maximum absolute atomic E-state index is 11.8. The van der Waals surface area contributed by atoms with Gasteiger partial charge in [-0.25, -0.2) is 0 Å². The van der Waals surface area contributed by atoms with Gasteiger partial charge in [0.1, 0.15) is 0 Å². The first kappa shape index (κ1) is 25.4. The number of ether oxygens (including phenoxy) is 1. The highest BCUT2D eigenvalue weighted by atomic mass is 16.5. The molecule has 0 aliphatic carbocycles. The van der Waals surface area contributed by atoms with Crippen LogP contribution in [0.25, 0.3) is 0 Å². The van der Waals surface area contributed by atoms with E-state index in [1.807, 2.05) is 6.92 Å². The molecule has 0 radical (unpaired) electrons. The summed E-state index contributed by atoms with van der Waals surface area (Å²) in [7, 11) is 0. The van der Waals surface area contributed by atoms with Gasteiger partial charge in [0.25, 0.3) is 0 Å². The fraction of sp³-hybridized carbons (Fsp3) is 0.955. The van der Waals surface area contributed by atoms with Gasteiger partial charge in [-0.05, 0) is 32.2 Å². The zero-order chi connectivity index (χ0) is 19.6. The lowest BCUT2D eigenvalue weighted by Crippen LogP contribution is -2.33. The van der Waals surface area contributed by atoms with Gasteiger partial charge in [0.05, 0.1) is 12.7 Å². The summed E-state index contributed by atoms with van der Waals surface area (Å²) in [5, 5.41) is 9.69. The van der Waals surface area contributed by atoms with Crippen molar-refractivity contribution < 1.29 is 14.6 Å². The number of hydrogen-bond acceptors (Lipinski definition) is 4. The Hall–Kier alpha value is -0.610. The second kappa shape index (κ2) is 17.8. The van der Waals surface area contributed by atoms with E-state index in [0.29, 0.717) is 25.5 Å². The quantitative estimate of drug-likeness (QED) is 0.266. The van der Waals surface area contributed by atoms with E-state index in [1.54, 1.807) is 0 Å². The van der Waals surface area contributed by atoms with Gasteiger partial charge < -0.3 is 14.7 Å². The SMILES string of the molecule is CCCCCCCCCN(CCCOC(=O)CC(C)CCC)CC(C)O. The summed E-state index contributed by atoms with van der Waals surface area (Å²) in [6, 6.07) is 0. The molecule has 2 atom stereocenters. The van der Waals surface area contributed by atoms with Crippen LogP contribution in [0.5, 0.6) is 0 Å². The predicted octanol–water partition coefficient (Wildman–Crippen LogP) is 5.18. The van der Waals surface area contributed by atoms with Crippen molar-refractivity contribution in [2.45, 2.75) is 104 Å². The smallest absolute Gasteiger partial charge is 0.306 e. The third-order valence-electron chi connectivity index (χ3n) is 4.78. The molecule has 26 heavy (non-hydrogen) atoms. The van der Waals surface area contributed by atoms with Crippen LogP contribution in [-0.2, 0) is 9.53 Å². The predicted molar refractivity (Wildman–Crippen MR) is 110 cm³/mol. The maximum Gasteiger partial charge on any atom is 0.306 e. The molecule has 0 amide bonds. The highest BCUT2D eigenvalue weighted by Crippen LogP contribution is 2.11. The molecule has 0 heterocycles. The highest BCUT2D eigenvalue weighted by Gasteiger charge is 2.11. The third kappa shape index (κ3) is 16.8. The zero-order valence-corrected chi connectivity index (χ0v) is 18.0. The van der Waals surface area contributed by atoms with Crippen LogP contribution in [0.15, 0.2) is 0 Å². The van der Waals surface area contributed by atoms with E-state index in [0.717, 1.165) is 32.4 Å². The van der Waals surface area contributed by atoms with Gasteiger partial charge in [-0.3, -0.25) is 4.79 Å². The zero-order valence-electron chi connectivity index (χ0n) is 18.0. The van der Waals surface area contributed by atoms with Crippen LogP contribution < -0.4 is 0 Å². The minimum absolute atomic E-state index is 0.0693. The summed E-state index contributed by atoms with van der Waals surface area (Å²) in [5.41, 5.74) is 0. The van der Waals surface area contributed by atoms with Gasteiger partial charge in [-0.15, -0.1) is 0 Å². The van der Waals surface area contributed by atoms with Crippen LogP contribution in [0.4, 0.5) is 0 Å². The standard InChI is InChI=1S/C22H45NO3/c1-5-7-8-9-10-11-12-15-23(19-21(4)24)16-13-17-26-22(25)18-20(3)14-6-2/h20-21,24H,5-19H2,1-4H3. The van der Waals surface area contributed by atoms with E-state index in [-0.39, 0.29) is 12.1 Å². The van der Waals surface area contributed by atoms with Gasteiger partial charge in [0.2, 0.25) is 0 Å². The van der Waals surface area contributed by atoms with E-state index >= 15 is 0 Å². The number of nitrogens with zero attached hydrogens (tertiary/aromatic N) is 1. The normalized spacial score (nSPS) is 13.8. The summed E-state index contributed by atoms with van der Waals surface area (Å²) in [6.07, 6.45) is 12.4. The molecular weight excluding hydrogens is 326 g/mol. The van der Waals surface area contributed by atoms with Crippen LogP contribution in [0, 0.1) is 5.92 Å². The van der Waals surface area contributed by atoms with E-state index in [1.165, 1.54) is 44.9 Å². The lowest BCUT2D eigenvalue weighted by molar-refractivity contribution is -0.144. The second-order valence-electron chi connectivity index (χ2n) is 7.94. The first-order valence-corrected chi connectivity index (χ1v) is 11.1. The van der Waals surface area contributed by atoms with Crippen LogP contribution in [0.1, 0.15) is 98.3 Å². The van der Waals surface area contributed by atoms with Crippen LogP contribution in [0.3, 0.4) is 0 Å². The van der Waals surface area contributed by atoms with Crippen molar-refractivity contribution in [1.82, 2.24) is 4.90 Å². The Bertz CT molecular complexity index is 321. The van der Waals surface area contributed by atoms with E-state index in [4.69, 9.17) is 4.74 Å². The Morgan fingerprint density at radius 1 is 0.923 bits per heavy atom. The van der Waals surface area contributed by atoms with Gasteiger partial charge in [-0.1, -0.05) is 72.1 Å². The maximum atomic E-state index is 11.8. The molecule has 0 saturated heterocycles. The molecule has 156 valence electrons. The number of hydrogen-bond donors (Lipinski definition) is 1. The molecule has 4 heteroatoms. The molecule has 2 unspecified atom stereocenters. The first-order valence-electron chi connectivity index (χ1n) is 11.1. The molecule has 0 aliphatic rings. The van der Waals surface area contributed by atoms with Crippen molar-refractivity contribution >= 4 is 5.97 Å². The summed E-state index contributed by atoms with van der Waals surface area (Å²) < 4.78 is 5.37. The Kier molecular flexibility index (Phi) is 17.4. The molecule has 0 bridgehead atoms. The van der Waals surface area contributed by atoms with Crippen molar-refractivity contribution in [3.8, 4) is 0 Å². The number of rotatable bonds is 18. The van der Waals surface area contributed by atoms with Crippen molar-refractivity contribution in [1.29, 1.82) is 0 Å². The molecule has 0 spiro atoms. The summed E-state index contributed by atoms with van der Waals surface area (Å²) >= 11 is 0. The number of aliphatic hydroxyl groups is 1. The molecule has 4 nitrogen and oxygen atoms in total. The number of carbonyl (C=O) groups is 1. The Balaban J connectivity index is 3.84. The van der Waals surface area contributed by atoms with Crippen LogP contribution in [0.2, 0.25) is 0 Å². The number of aliphatic hydroxyl groups excluding tert-OH is 1. The Morgan fingerprint density at radius 2 is 1.54 bits per heavy atom. The van der Waals surface area contributed by atoms with Crippen LogP contribution in [-0.4, -0.2) is 48.3 Å². The Morgan fingerprint density at radius 3 is 2.15 bits per heavy atom. The molecule has 0 aliphatic heterocycles. The average Bonchev–Trinajstić information content (AvgIpc) is 2.57. The van der Waals surface area contributed by atoms with E-state index in [2.05, 4.69) is 25.7 Å². The Labute approximate surface area is 162 Å². The summed E-state index contributed by atoms with van der Waals surface area (Å²) in [4.78, 5) is 14.1. The van der Waals surface area contributed by atoms with Gasteiger partial charge in [0, 0.05) is 19.5 Å². The highest BCUT2D eigenvalue weighted by molar-refractivity contribution is 5.69. The molecule has 0 aromatic rings. The molecule has 0 saturated carbocycles. The van der Waals surface area contributed by atoms with Gasteiger partial charge in [0.15, 0.2) is 0 Å².